The largest absolute Gasteiger partial charge is 0.492 e. The van der Waals surface area contributed by atoms with Crippen molar-refractivity contribution in [1.82, 2.24) is 4.90 Å². The average molecular weight is 277 g/mol. The van der Waals surface area contributed by atoms with Gasteiger partial charge >= 0.3 is 0 Å². The van der Waals surface area contributed by atoms with Crippen molar-refractivity contribution in [2.24, 2.45) is 16.8 Å². The normalized spacial score (nSPS) is 18.1. The first kappa shape index (κ1) is 14.2. The number of ether oxygens (including phenoxy) is 1. The Morgan fingerprint density at radius 3 is 3.00 bits per heavy atom. The molecule has 0 fully saturated rings. The van der Waals surface area contributed by atoms with Gasteiger partial charge in [0.15, 0.2) is 5.84 Å². The second-order valence-electron chi connectivity index (χ2n) is 4.76. The summed E-state index contributed by atoms with van der Waals surface area (Å²) in [5, 5.41) is 11.5. The molecule has 0 saturated heterocycles. The van der Waals surface area contributed by atoms with Gasteiger partial charge in [-0.3, -0.25) is 4.79 Å². The van der Waals surface area contributed by atoms with E-state index in [-0.39, 0.29) is 24.2 Å². The molecule has 1 heterocycles. The zero-order chi connectivity index (χ0) is 14.5. The molecule has 1 amide bonds. The third kappa shape index (κ3) is 3.01. The van der Waals surface area contributed by atoms with Gasteiger partial charge in [0.1, 0.15) is 12.4 Å². The number of fused-ring (bicyclic) bond motifs is 1. The highest BCUT2D eigenvalue weighted by atomic mass is 16.5. The molecule has 1 unspecified atom stereocenters. The maximum absolute atomic E-state index is 12.4. The molecule has 1 aliphatic rings. The molecular weight excluding hydrogens is 258 g/mol. The molecule has 0 radical (unpaired) electrons. The maximum Gasteiger partial charge on any atom is 0.229 e. The van der Waals surface area contributed by atoms with Crippen LogP contribution in [0.5, 0.6) is 5.75 Å². The number of carbonyl (C=O) groups excluding carboxylic acids is 1. The molecule has 2 rings (SSSR count). The Balaban J connectivity index is 2.06. The van der Waals surface area contributed by atoms with Crippen LogP contribution in [0.3, 0.4) is 0 Å². The topological polar surface area (TPSA) is 88.1 Å². The first-order valence-corrected chi connectivity index (χ1v) is 6.61. The van der Waals surface area contributed by atoms with Gasteiger partial charge in [-0.05, 0) is 25.0 Å². The first-order valence-electron chi connectivity index (χ1n) is 6.61. The molecule has 20 heavy (non-hydrogen) atoms. The fourth-order valence-electron chi connectivity index (χ4n) is 2.32. The van der Waals surface area contributed by atoms with Crippen molar-refractivity contribution in [2.45, 2.75) is 13.3 Å². The number of nitrogens with zero attached hydrogens (tertiary/aromatic N) is 2. The number of hydrogen-bond acceptors (Lipinski definition) is 4. The van der Waals surface area contributed by atoms with E-state index in [4.69, 9.17) is 15.7 Å². The third-order valence-corrected chi connectivity index (χ3v) is 3.40. The summed E-state index contributed by atoms with van der Waals surface area (Å²) >= 11 is 0. The van der Waals surface area contributed by atoms with Crippen LogP contribution in [0, 0.1) is 5.92 Å². The summed E-state index contributed by atoms with van der Waals surface area (Å²) in [5.41, 5.74) is 6.51. The zero-order valence-electron chi connectivity index (χ0n) is 11.5. The Labute approximate surface area is 117 Å². The lowest BCUT2D eigenvalue weighted by Crippen LogP contribution is -2.44. The summed E-state index contributed by atoms with van der Waals surface area (Å²) in [5.74, 6) is 0.610. The zero-order valence-corrected chi connectivity index (χ0v) is 11.5. The van der Waals surface area contributed by atoms with E-state index in [0.717, 1.165) is 11.3 Å². The van der Waals surface area contributed by atoms with E-state index in [9.17, 15) is 4.79 Å². The van der Waals surface area contributed by atoms with Crippen molar-refractivity contribution >= 4 is 11.7 Å². The van der Waals surface area contributed by atoms with E-state index < -0.39 is 0 Å². The number of hydrogen-bond donors (Lipinski definition) is 2. The van der Waals surface area contributed by atoms with Crippen molar-refractivity contribution < 1.29 is 14.7 Å². The maximum atomic E-state index is 12.4. The van der Waals surface area contributed by atoms with Crippen LogP contribution in [-0.2, 0) is 11.2 Å². The smallest absolute Gasteiger partial charge is 0.229 e. The fourth-order valence-corrected chi connectivity index (χ4v) is 2.32. The first-order chi connectivity index (χ1) is 9.65. The van der Waals surface area contributed by atoms with E-state index in [2.05, 4.69) is 5.16 Å². The highest BCUT2D eigenvalue weighted by Gasteiger charge is 2.29. The molecule has 1 aromatic carbocycles. The Hall–Kier alpha value is -2.24. The van der Waals surface area contributed by atoms with E-state index >= 15 is 0 Å². The summed E-state index contributed by atoms with van der Waals surface area (Å²) in [6.45, 7) is 2.86. The summed E-state index contributed by atoms with van der Waals surface area (Å²) in [4.78, 5) is 14.0. The Morgan fingerprint density at radius 1 is 1.55 bits per heavy atom. The van der Waals surface area contributed by atoms with E-state index in [0.29, 0.717) is 19.6 Å². The molecule has 6 heteroatoms. The van der Waals surface area contributed by atoms with Crippen LogP contribution in [0.4, 0.5) is 0 Å². The lowest BCUT2D eigenvalue weighted by Gasteiger charge is -2.29. The lowest BCUT2D eigenvalue weighted by molar-refractivity contribution is -0.136. The number of amidine groups is 1. The summed E-state index contributed by atoms with van der Waals surface area (Å²) in [6.07, 6.45) is 0.654. The van der Waals surface area contributed by atoms with E-state index in [1.807, 2.05) is 31.2 Å². The Kier molecular flexibility index (Phi) is 4.45. The molecule has 6 nitrogen and oxygen atoms in total. The minimum atomic E-state index is -0.226. The number of oxime groups is 1. The summed E-state index contributed by atoms with van der Waals surface area (Å²) in [7, 11) is 0. The predicted molar refractivity (Wildman–Crippen MR) is 74.8 cm³/mol. The molecule has 0 spiro atoms. The van der Waals surface area contributed by atoms with Gasteiger partial charge in [0.05, 0.1) is 12.5 Å². The Bertz CT molecular complexity index is 516. The van der Waals surface area contributed by atoms with Crippen LogP contribution in [0.2, 0.25) is 0 Å². The van der Waals surface area contributed by atoms with Crippen molar-refractivity contribution in [3.05, 3.63) is 29.8 Å². The van der Waals surface area contributed by atoms with E-state index in [1.165, 1.54) is 0 Å². The highest BCUT2D eigenvalue weighted by Crippen LogP contribution is 2.27. The van der Waals surface area contributed by atoms with Gasteiger partial charge in [-0.25, -0.2) is 0 Å². The van der Waals surface area contributed by atoms with Crippen molar-refractivity contribution in [2.75, 3.05) is 19.7 Å². The molecule has 1 aromatic rings. The average Bonchev–Trinajstić information content (AvgIpc) is 2.51. The van der Waals surface area contributed by atoms with Crippen LogP contribution >= 0.6 is 0 Å². The summed E-state index contributed by atoms with van der Waals surface area (Å²) in [6, 6.07) is 7.72. The van der Waals surface area contributed by atoms with Gasteiger partial charge in [-0.1, -0.05) is 23.4 Å². The van der Waals surface area contributed by atoms with Crippen molar-refractivity contribution in [1.29, 1.82) is 0 Å². The quantitative estimate of drug-likeness (QED) is 0.369. The number of amides is 1. The van der Waals surface area contributed by atoms with Gasteiger partial charge in [0.2, 0.25) is 5.91 Å². The fraction of sp³-hybridized carbons (Fsp3) is 0.429. The van der Waals surface area contributed by atoms with Gasteiger partial charge < -0.3 is 20.6 Å². The minimum Gasteiger partial charge on any atom is -0.492 e. The van der Waals surface area contributed by atoms with Crippen LogP contribution in [-0.4, -0.2) is 41.5 Å². The molecule has 0 bridgehead atoms. The molecule has 0 saturated carbocycles. The molecular formula is C14H19N3O3. The van der Waals surface area contributed by atoms with Gasteiger partial charge in [-0.15, -0.1) is 0 Å². The molecule has 1 atom stereocenters. The Morgan fingerprint density at radius 2 is 2.30 bits per heavy atom. The van der Waals surface area contributed by atoms with Crippen molar-refractivity contribution in [3.8, 4) is 5.75 Å². The molecule has 3 N–H and O–H groups in total. The van der Waals surface area contributed by atoms with Gasteiger partial charge in [0, 0.05) is 6.54 Å². The van der Waals surface area contributed by atoms with Gasteiger partial charge in [-0.2, -0.15) is 0 Å². The second-order valence-corrected chi connectivity index (χ2v) is 4.76. The lowest BCUT2D eigenvalue weighted by atomic mass is 9.95. The van der Waals surface area contributed by atoms with E-state index in [1.54, 1.807) is 4.90 Å². The summed E-state index contributed by atoms with van der Waals surface area (Å²) < 4.78 is 5.62. The number of para-hydroxylation sites is 1. The minimum absolute atomic E-state index is 0.0253. The predicted octanol–water partition coefficient (Wildman–Crippen LogP) is 0.833. The molecule has 0 aromatic heterocycles. The van der Waals surface area contributed by atoms with Gasteiger partial charge in [0.25, 0.3) is 0 Å². The number of likely N-dealkylation sites (N-methyl/N-ethyl adjacent to an activating group) is 1. The number of rotatable bonds is 4. The molecule has 108 valence electrons. The van der Waals surface area contributed by atoms with Crippen LogP contribution in [0.15, 0.2) is 29.4 Å². The van der Waals surface area contributed by atoms with Crippen LogP contribution in [0.25, 0.3) is 0 Å². The van der Waals surface area contributed by atoms with Crippen LogP contribution in [0.1, 0.15) is 12.5 Å². The third-order valence-electron chi connectivity index (χ3n) is 3.40. The standard InChI is InChI=1S/C14H19N3O3/c1-2-17(8-13(15)16-19)14(18)11-7-10-5-3-4-6-12(10)20-9-11/h3-6,11,19H,2,7-9H2,1H3,(H2,15,16). The monoisotopic (exact) mass is 277 g/mol. The van der Waals surface area contributed by atoms with Crippen LogP contribution < -0.4 is 10.5 Å². The second kappa shape index (κ2) is 6.27. The highest BCUT2D eigenvalue weighted by molar-refractivity contribution is 5.88. The number of nitrogens with two attached hydrogens (primary N) is 1. The van der Waals surface area contributed by atoms with Crippen molar-refractivity contribution in [3.63, 3.8) is 0 Å². The SMILES string of the molecule is CCN(CC(N)=NO)C(=O)C1COc2ccccc2C1. The number of carbonyl (C=O) groups is 1. The molecule has 1 aliphatic heterocycles. The molecule has 0 aliphatic carbocycles. The number of benzene rings is 1.